The lowest BCUT2D eigenvalue weighted by Crippen LogP contribution is -1.83. The standard InChI is InChI=1S/C7H4FIN2/c8-5-1-2-7-10-6(9)4-11(7)3-5/h1-4H. The van der Waals surface area contributed by atoms with Crippen LogP contribution in [0.15, 0.2) is 24.5 Å². The Morgan fingerprint density at radius 2 is 2.18 bits per heavy atom. The zero-order chi connectivity index (χ0) is 7.84. The van der Waals surface area contributed by atoms with Crippen LogP contribution in [0, 0.1) is 9.52 Å². The molecule has 0 amide bonds. The molecule has 0 saturated heterocycles. The molecule has 4 heteroatoms. The van der Waals surface area contributed by atoms with E-state index in [0.29, 0.717) is 0 Å². The van der Waals surface area contributed by atoms with Crippen LogP contribution >= 0.6 is 22.6 Å². The van der Waals surface area contributed by atoms with Crippen molar-refractivity contribution < 1.29 is 4.39 Å². The topological polar surface area (TPSA) is 17.3 Å². The summed E-state index contributed by atoms with van der Waals surface area (Å²) in [5, 5.41) is 0. The van der Waals surface area contributed by atoms with Crippen molar-refractivity contribution in [3.63, 3.8) is 0 Å². The van der Waals surface area contributed by atoms with Crippen LogP contribution in [0.4, 0.5) is 4.39 Å². The van der Waals surface area contributed by atoms with Crippen LogP contribution in [0.3, 0.4) is 0 Å². The molecule has 0 atom stereocenters. The van der Waals surface area contributed by atoms with Crippen LogP contribution in [-0.2, 0) is 0 Å². The molecule has 2 aromatic rings. The third-order valence-electron chi connectivity index (χ3n) is 1.39. The van der Waals surface area contributed by atoms with Gasteiger partial charge in [0, 0.05) is 12.4 Å². The van der Waals surface area contributed by atoms with Crippen molar-refractivity contribution in [2.75, 3.05) is 0 Å². The number of hydrogen-bond acceptors (Lipinski definition) is 1. The van der Waals surface area contributed by atoms with E-state index >= 15 is 0 Å². The van der Waals surface area contributed by atoms with Gasteiger partial charge in [-0.3, -0.25) is 0 Å². The highest BCUT2D eigenvalue weighted by Gasteiger charge is 1.97. The van der Waals surface area contributed by atoms with Gasteiger partial charge in [-0.15, -0.1) is 0 Å². The molecule has 0 aliphatic carbocycles. The summed E-state index contributed by atoms with van der Waals surface area (Å²) >= 11 is 2.09. The summed E-state index contributed by atoms with van der Waals surface area (Å²) in [5.41, 5.74) is 0.774. The third kappa shape index (κ3) is 1.22. The minimum absolute atomic E-state index is 0.244. The molecule has 0 fully saturated rings. The van der Waals surface area contributed by atoms with Crippen LogP contribution in [0.25, 0.3) is 5.65 Å². The Kier molecular flexibility index (Phi) is 1.56. The summed E-state index contributed by atoms with van der Waals surface area (Å²) in [4.78, 5) is 4.14. The summed E-state index contributed by atoms with van der Waals surface area (Å²) in [6, 6.07) is 3.05. The molecule has 0 aliphatic rings. The lowest BCUT2D eigenvalue weighted by molar-refractivity contribution is 0.619. The van der Waals surface area contributed by atoms with Crippen LogP contribution in [0.1, 0.15) is 0 Å². The molecule has 0 saturated carbocycles. The van der Waals surface area contributed by atoms with Gasteiger partial charge in [-0.05, 0) is 34.7 Å². The number of rotatable bonds is 0. The summed E-state index contributed by atoms with van der Waals surface area (Å²) in [5.74, 6) is -0.244. The summed E-state index contributed by atoms with van der Waals surface area (Å²) in [6.45, 7) is 0. The zero-order valence-electron chi connectivity index (χ0n) is 5.46. The lowest BCUT2D eigenvalue weighted by atomic mass is 10.5. The molecule has 0 bridgehead atoms. The second-order valence-corrected chi connectivity index (χ2v) is 3.28. The van der Waals surface area contributed by atoms with E-state index < -0.39 is 0 Å². The number of fused-ring (bicyclic) bond motifs is 1. The molecule has 0 aliphatic heterocycles. The molecule has 0 radical (unpaired) electrons. The normalized spacial score (nSPS) is 10.7. The Bertz CT molecular complexity index is 396. The van der Waals surface area contributed by atoms with E-state index in [2.05, 4.69) is 27.6 Å². The fourth-order valence-corrected chi connectivity index (χ4v) is 1.48. The molecule has 2 heterocycles. The van der Waals surface area contributed by atoms with Crippen molar-refractivity contribution in [3.05, 3.63) is 34.0 Å². The molecule has 0 N–H and O–H groups in total. The van der Waals surface area contributed by atoms with Gasteiger partial charge in [0.25, 0.3) is 0 Å². The maximum absolute atomic E-state index is 12.6. The molecule has 56 valence electrons. The second-order valence-electron chi connectivity index (χ2n) is 2.18. The van der Waals surface area contributed by atoms with E-state index in [1.54, 1.807) is 16.7 Å². The maximum Gasteiger partial charge on any atom is 0.139 e. The fraction of sp³-hybridized carbons (Fsp3) is 0. The maximum atomic E-state index is 12.6. The fourth-order valence-electron chi connectivity index (χ4n) is 0.934. The van der Waals surface area contributed by atoms with Crippen molar-refractivity contribution in [1.29, 1.82) is 0 Å². The Morgan fingerprint density at radius 3 is 3.00 bits per heavy atom. The van der Waals surface area contributed by atoms with Crippen molar-refractivity contribution in [3.8, 4) is 0 Å². The number of hydrogen-bond donors (Lipinski definition) is 0. The van der Waals surface area contributed by atoms with Crippen LogP contribution in [-0.4, -0.2) is 9.38 Å². The first kappa shape index (κ1) is 7.02. The molecule has 2 rings (SSSR count). The third-order valence-corrected chi connectivity index (χ3v) is 1.91. The predicted molar refractivity (Wildman–Crippen MR) is 47.9 cm³/mol. The zero-order valence-corrected chi connectivity index (χ0v) is 7.62. The Morgan fingerprint density at radius 1 is 1.36 bits per heavy atom. The Hall–Kier alpha value is -0.650. The molecule has 0 unspecified atom stereocenters. The van der Waals surface area contributed by atoms with Crippen molar-refractivity contribution in [2.24, 2.45) is 0 Å². The number of aromatic nitrogens is 2. The number of halogens is 2. The minimum Gasteiger partial charge on any atom is -0.303 e. The van der Waals surface area contributed by atoms with Gasteiger partial charge in [0.2, 0.25) is 0 Å². The highest BCUT2D eigenvalue weighted by atomic mass is 127. The van der Waals surface area contributed by atoms with Gasteiger partial charge < -0.3 is 4.40 Å². The summed E-state index contributed by atoms with van der Waals surface area (Å²) < 4.78 is 15.1. The van der Waals surface area contributed by atoms with Gasteiger partial charge in [0.15, 0.2) is 0 Å². The molecule has 0 aromatic carbocycles. The van der Waals surface area contributed by atoms with Gasteiger partial charge in [0.1, 0.15) is 15.2 Å². The molecular formula is C7H4FIN2. The molecule has 2 aromatic heterocycles. The largest absolute Gasteiger partial charge is 0.303 e. The SMILES string of the molecule is Fc1ccc2nc(I)cn2c1. The van der Waals surface area contributed by atoms with Gasteiger partial charge in [-0.2, -0.15) is 0 Å². The van der Waals surface area contributed by atoms with E-state index in [0.717, 1.165) is 9.35 Å². The van der Waals surface area contributed by atoms with Crippen molar-refractivity contribution in [1.82, 2.24) is 9.38 Å². The van der Waals surface area contributed by atoms with Gasteiger partial charge >= 0.3 is 0 Å². The van der Waals surface area contributed by atoms with Crippen LogP contribution in [0.5, 0.6) is 0 Å². The average Bonchev–Trinajstić information content (AvgIpc) is 2.27. The van der Waals surface area contributed by atoms with Gasteiger partial charge in [-0.25, -0.2) is 9.37 Å². The van der Waals surface area contributed by atoms with Gasteiger partial charge in [0.05, 0.1) is 0 Å². The molecular weight excluding hydrogens is 258 g/mol. The van der Waals surface area contributed by atoms with E-state index in [1.807, 2.05) is 0 Å². The number of nitrogens with zero attached hydrogens (tertiary/aromatic N) is 2. The highest BCUT2D eigenvalue weighted by Crippen LogP contribution is 2.07. The molecule has 0 spiro atoms. The second kappa shape index (κ2) is 2.44. The van der Waals surface area contributed by atoms with Crippen LogP contribution < -0.4 is 0 Å². The van der Waals surface area contributed by atoms with Crippen LogP contribution in [0.2, 0.25) is 0 Å². The van der Waals surface area contributed by atoms with Gasteiger partial charge in [-0.1, -0.05) is 0 Å². The van der Waals surface area contributed by atoms with Crippen molar-refractivity contribution in [2.45, 2.75) is 0 Å². The predicted octanol–water partition coefficient (Wildman–Crippen LogP) is 2.08. The summed E-state index contributed by atoms with van der Waals surface area (Å²) in [7, 11) is 0. The lowest BCUT2D eigenvalue weighted by Gasteiger charge is -1.90. The van der Waals surface area contributed by atoms with E-state index in [-0.39, 0.29) is 5.82 Å². The first-order chi connectivity index (χ1) is 5.25. The van der Waals surface area contributed by atoms with Crippen molar-refractivity contribution >= 4 is 28.2 Å². The summed E-state index contributed by atoms with van der Waals surface area (Å²) in [6.07, 6.45) is 3.18. The number of imidazole rings is 1. The minimum atomic E-state index is -0.244. The molecule has 11 heavy (non-hydrogen) atoms. The first-order valence-electron chi connectivity index (χ1n) is 3.05. The van der Waals surface area contributed by atoms with E-state index in [9.17, 15) is 4.39 Å². The number of pyridine rings is 1. The highest BCUT2D eigenvalue weighted by molar-refractivity contribution is 14.1. The quantitative estimate of drug-likeness (QED) is 0.664. The molecule has 2 nitrogen and oxygen atoms in total. The first-order valence-corrected chi connectivity index (χ1v) is 4.13. The smallest absolute Gasteiger partial charge is 0.139 e. The average molecular weight is 262 g/mol. The van der Waals surface area contributed by atoms with E-state index in [1.165, 1.54) is 12.3 Å². The monoisotopic (exact) mass is 262 g/mol. The van der Waals surface area contributed by atoms with E-state index in [4.69, 9.17) is 0 Å². The Labute approximate surface area is 76.2 Å². The Balaban J connectivity index is 2.82.